The number of rotatable bonds is 6. The zero-order valence-corrected chi connectivity index (χ0v) is 19.2. The van der Waals surface area contributed by atoms with E-state index in [1.807, 2.05) is 5.32 Å². The van der Waals surface area contributed by atoms with Crippen LogP contribution in [0.1, 0.15) is 41.4 Å². The molecule has 0 radical (unpaired) electrons. The summed E-state index contributed by atoms with van der Waals surface area (Å²) in [4.78, 5) is 34.4. The Morgan fingerprint density at radius 1 is 1.17 bits per heavy atom. The van der Waals surface area contributed by atoms with Gasteiger partial charge < -0.3 is 19.6 Å². The molecule has 5 rings (SSSR count). The molecule has 1 fully saturated rings. The van der Waals surface area contributed by atoms with Crippen LogP contribution in [0.2, 0.25) is 0 Å². The first-order chi connectivity index (χ1) is 17.2. The highest BCUT2D eigenvalue weighted by Gasteiger charge is 2.44. The molecule has 186 valence electrons. The largest absolute Gasteiger partial charge is 0.467 e. The van der Waals surface area contributed by atoms with Crippen molar-refractivity contribution in [1.29, 1.82) is 0 Å². The molecule has 1 atom stereocenters. The van der Waals surface area contributed by atoms with Crippen LogP contribution in [0, 0.1) is 5.92 Å². The highest BCUT2D eigenvalue weighted by atomic mass is 19.4. The molecule has 1 aliphatic rings. The smallest absolute Gasteiger partial charge is 0.415 e. The van der Waals surface area contributed by atoms with Gasteiger partial charge >= 0.3 is 6.18 Å². The van der Waals surface area contributed by atoms with E-state index in [-0.39, 0.29) is 17.4 Å². The molecule has 0 unspecified atom stereocenters. The lowest BCUT2D eigenvalue weighted by molar-refractivity contribution is -0.159. The summed E-state index contributed by atoms with van der Waals surface area (Å²) in [6.07, 6.45) is 2.03. The number of hydrogen-bond donors (Lipinski definition) is 2. The van der Waals surface area contributed by atoms with Gasteiger partial charge in [0.05, 0.1) is 23.0 Å². The summed E-state index contributed by atoms with van der Waals surface area (Å²) < 4.78 is 47.7. The monoisotopic (exact) mass is 497 g/mol. The number of carbonyl (C=O) groups excluding carboxylic acids is 2. The van der Waals surface area contributed by atoms with Gasteiger partial charge in [0.2, 0.25) is 5.91 Å². The van der Waals surface area contributed by atoms with Crippen molar-refractivity contribution in [3.63, 3.8) is 0 Å². The number of fused-ring (bicyclic) bond motifs is 1. The van der Waals surface area contributed by atoms with E-state index in [1.54, 1.807) is 36.1 Å². The maximum absolute atomic E-state index is 13.7. The van der Waals surface area contributed by atoms with Crippen LogP contribution in [-0.2, 0) is 11.8 Å². The summed E-state index contributed by atoms with van der Waals surface area (Å²) >= 11 is 0. The standard InChI is InChI=1S/C25H22F3N5O3/c1-33-20-17(30-22(33)14-7-9-29-10-8-14)12-16(13-18(20)31-23(34)15-4-2-5-15)24(35)32-21(25(26,27)28)19-6-3-11-36-19/h3,6-13,15,21H,2,4-5H2,1H3,(H,31,34)(H,32,35)/t21-/m0/s1. The lowest BCUT2D eigenvalue weighted by Gasteiger charge is -2.24. The van der Waals surface area contributed by atoms with E-state index < -0.39 is 23.9 Å². The number of alkyl halides is 3. The van der Waals surface area contributed by atoms with E-state index in [9.17, 15) is 22.8 Å². The molecule has 0 aliphatic heterocycles. The number of aromatic nitrogens is 3. The molecule has 3 heterocycles. The van der Waals surface area contributed by atoms with Gasteiger partial charge in [-0.15, -0.1) is 0 Å². The average Bonchev–Trinajstić information content (AvgIpc) is 3.44. The molecule has 0 saturated heterocycles. The normalized spacial score (nSPS) is 14.9. The summed E-state index contributed by atoms with van der Waals surface area (Å²) in [6.45, 7) is 0. The molecule has 11 heteroatoms. The van der Waals surface area contributed by atoms with E-state index >= 15 is 0 Å². The third kappa shape index (κ3) is 4.43. The molecule has 3 aromatic heterocycles. The minimum atomic E-state index is -4.78. The Bertz CT molecular complexity index is 1410. The highest BCUT2D eigenvalue weighted by molar-refractivity contribution is 6.06. The number of nitrogens with zero attached hydrogens (tertiary/aromatic N) is 3. The lowest BCUT2D eigenvalue weighted by Crippen LogP contribution is -2.38. The second-order valence-corrected chi connectivity index (χ2v) is 8.70. The Kier molecular flexibility index (Phi) is 5.99. The van der Waals surface area contributed by atoms with Gasteiger partial charge in [-0.25, -0.2) is 4.98 Å². The Morgan fingerprint density at radius 2 is 1.92 bits per heavy atom. The van der Waals surface area contributed by atoms with Crippen LogP contribution in [0.3, 0.4) is 0 Å². The van der Waals surface area contributed by atoms with Gasteiger partial charge in [-0.2, -0.15) is 13.2 Å². The van der Waals surface area contributed by atoms with Crippen LogP contribution in [0.5, 0.6) is 0 Å². The summed E-state index contributed by atoms with van der Waals surface area (Å²) in [5, 5.41) is 4.87. The number of furan rings is 1. The van der Waals surface area contributed by atoms with Crippen molar-refractivity contribution in [3.8, 4) is 11.4 Å². The van der Waals surface area contributed by atoms with Crippen molar-refractivity contribution in [1.82, 2.24) is 19.9 Å². The molecule has 1 saturated carbocycles. The number of aryl methyl sites for hydroxylation is 1. The van der Waals surface area contributed by atoms with Crippen molar-refractivity contribution in [2.75, 3.05) is 5.32 Å². The van der Waals surface area contributed by atoms with Crippen LogP contribution < -0.4 is 10.6 Å². The molecule has 8 nitrogen and oxygen atoms in total. The molecule has 0 spiro atoms. The predicted octanol–water partition coefficient (Wildman–Crippen LogP) is 5.00. The summed E-state index contributed by atoms with van der Waals surface area (Å²) in [5.74, 6) is -1.21. The first kappa shape index (κ1) is 23.6. The van der Waals surface area contributed by atoms with Crippen molar-refractivity contribution >= 4 is 28.5 Å². The number of hydrogen-bond acceptors (Lipinski definition) is 5. The fourth-order valence-electron chi connectivity index (χ4n) is 4.23. The van der Waals surface area contributed by atoms with Gasteiger partial charge in [0, 0.05) is 36.5 Å². The minimum absolute atomic E-state index is 0.0772. The number of imidazole rings is 1. The minimum Gasteiger partial charge on any atom is -0.467 e. The molecule has 1 aromatic carbocycles. The third-order valence-corrected chi connectivity index (χ3v) is 6.33. The van der Waals surface area contributed by atoms with Crippen molar-refractivity contribution in [2.24, 2.45) is 13.0 Å². The van der Waals surface area contributed by atoms with Crippen LogP contribution in [-0.4, -0.2) is 32.5 Å². The summed E-state index contributed by atoms with van der Waals surface area (Å²) in [5.41, 5.74) is 1.87. The van der Waals surface area contributed by atoms with Crippen molar-refractivity contribution in [3.05, 3.63) is 66.4 Å². The Morgan fingerprint density at radius 3 is 2.53 bits per heavy atom. The maximum Gasteiger partial charge on any atom is 0.415 e. The third-order valence-electron chi connectivity index (χ3n) is 6.33. The highest BCUT2D eigenvalue weighted by Crippen LogP contribution is 2.35. The van der Waals surface area contributed by atoms with Gasteiger partial charge in [0.1, 0.15) is 11.6 Å². The van der Waals surface area contributed by atoms with Gasteiger partial charge in [0.25, 0.3) is 5.91 Å². The molecule has 4 aromatic rings. The van der Waals surface area contributed by atoms with E-state index in [1.165, 1.54) is 18.2 Å². The average molecular weight is 497 g/mol. The Labute approximate surface area is 203 Å². The molecular formula is C25H22F3N5O3. The van der Waals surface area contributed by atoms with E-state index in [4.69, 9.17) is 4.42 Å². The maximum atomic E-state index is 13.7. The topological polar surface area (TPSA) is 102 Å². The van der Waals surface area contributed by atoms with E-state index in [2.05, 4.69) is 15.3 Å². The quantitative estimate of drug-likeness (QED) is 0.390. The Balaban J connectivity index is 1.57. The predicted molar refractivity (Wildman–Crippen MR) is 125 cm³/mol. The van der Waals surface area contributed by atoms with Crippen LogP contribution in [0.15, 0.2) is 59.5 Å². The van der Waals surface area contributed by atoms with Gasteiger partial charge in [-0.3, -0.25) is 14.6 Å². The first-order valence-corrected chi connectivity index (χ1v) is 11.3. The van der Waals surface area contributed by atoms with Crippen LogP contribution in [0.4, 0.5) is 18.9 Å². The zero-order chi connectivity index (χ0) is 25.4. The number of halogens is 3. The molecular weight excluding hydrogens is 475 g/mol. The fourth-order valence-corrected chi connectivity index (χ4v) is 4.23. The fraction of sp³-hybridized carbons (Fsp3) is 0.280. The first-order valence-electron chi connectivity index (χ1n) is 11.3. The van der Waals surface area contributed by atoms with Crippen LogP contribution >= 0.6 is 0 Å². The van der Waals surface area contributed by atoms with E-state index in [0.29, 0.717) is 22.5 Å². The van der Waals surface area contributed by atoms with E-state index in [0.717, 1.165) is 37.2 Å². The second kappa shape index (κ2) is 9.14. The lowest BCUT2D eigenvalue weighted by atomic mass is 9.85. The van der Waals surface area contributed by atoms with Gasteiger partial charge in [-0.05, 0) is 49.2 Å². The summed E-state index contributed by atoms with van der Waals surface area (Å²) in [6, 6.07) is 6.43. The number of carbonyl (C=O) groups is 2. The number of amides is 2. The SMILES string of the molecule is Cn1c(-c2ccncc2)nc2cc(C(=O)N[C@@H](c3ccco3)C(F)(F)F)cc(NC(=O)C3CCC3)c21. The number of benzene rings is 1. The number of anilines is 1. The molecule has 0 bridgehead atoms. The Hall–Kier alpha value is -4.15. The van der Waals surface area contributed by atoms with Gasteiger partial charge in [-0.1, -0.05) is 6.42 Å². The van der Waals surface area contributed by atoms with Crippen LogP contribution in [0.25, 0.3) is 22.4 Å². The molecule has 2 N–H and O–H groups in total. The van der Waals surface area contributed by atoms with Gasteiger partial charge in [0.15, 0.2) is 6.04 Å². The number of nitrogens with one attached hydrogen (secondary N) is 2. The number of pyridine rings is 1. The molecule has 36 heavy (non-hydrogen) atoms. The van der Waals surface area contributed by atoms with Crippen molar-refractivity contribution < 1.29 is 27.2 Å². The second-order valence-electron chi connectivity index (χ2n) is 8.70. The molecule has 1 aliphatic carbocycles. The summed E-state index contributed by atoms with van der Waals surface area (Å²) in [7, 11) is 1.76. The molecule has 2 amide bonds. The zero-order valence-electron chi connectivity index (χ0n) is 19.2. The van der Waals surface area contributed by atoms with Crippen molar-refractivity contribution in [2.45, 2.75) is 31.5 Å².